The van der Waals surface area contributed by atoms with Crippen molar-refractivity contribution < 1.29 is 4.74 Å². The summed E-state index contributed by atoms with van der Waals surface area (Å²) in [6, 6.07) is 4.07. The van der Waals surface area contributed by atoms with Crippen LogP contribution in [0.2, 0.25) is 0 Å². The number of hydrogen-bond acceptors (Lipinski definition) is 2. The molecule has 3 heteroatoms. The Labute approximate surface area is 98.2 Å². The molecule has 1 aliphatic rings. The van der Waals surface area contributed by atoms with Gasteiger partial charge in [0.1, 0.15) is 9.45 Å². The molecule has 0 amide bonds. The van der Waals surface area contributed by atoms with Gasteiger partial charge in [0.25, 0.3) is 0 Å². The normalized spacial score (nSPS) is 16.0. The molecule has 1 aromatic heterocycles. The molecule has 0 N–H and O–H groups in total. The van der Waals surface area contributed by atoms with Crippen LogP contribution in [0.3, 0.4) is 0 Å². The van der Waals surface area contributed by atoms with E-state index in [1.54, 1.807) is 0 Å². The fourth-order valence-electron chi connectivity index (χ4n) is 1.23. The molecule has 0 aromatic carbocycles. The third-order valence-electron chi connectivity index (χ3n) is 2.21. The first kappa shape index (κ1) is 10.2. The van der Waals surface area contributed by atoms with E-state index in [1.165, 1.54) is 12.8 Å². The number of pyridine rings is 1. The summed E-state index contributed by atoms with van der Waals surface area (Å²) in [6.45, 7) is 4.30. The molecule has 1 saturated carbocycles. The van der Waals surface area contributed by atoms with Gasteiger partial charge >= 0.3 is 0 Å². The maximum atomic E-state index is 5.75. The zero-order chi connectivity index (χ0) is 10.1. The van der Waals surface area contributed by atoms with Crippen LogP contribution in [0.25, 0.3) is 0 Å². The van der Waals surface area contributed by atoms with Gasteiger partial charge in [0, 0.05) is 17.8 Å². The molecule has 2 rings (SSSR count). The van der Waals surface area contributed by atoms with Gasteiger partial charge in [-0.15, -0.1) is 0 Å². The lowest BCUT2D eigenvalue weighted by molar-refractivity contribution is 0.302. The molecular weight excluding hydrogens is 289 g/mol. The molecule has 0 radical (unpaired) electrons. The largest absolute Gasteiger partial charge is 0.490 e. The standard InChI is InChI=1S/C11H14INO/c1-7(2)10-5-9(6-11(12)13-10)14-8-3-4-8/h5-8H,3-4H2,1-2H3. The van der Waals surface area contributed by atoms with Crippen LogP contribution in [0.5, 0.6) is 5.75 Å². The second-order valence-electron chi connectivity index (χ2n) is 4.02. The summed E-state index contributed by atoms with van der Waals surface area (Å²) >= 11 is 2.24. The smallest absolute Gasteiger partial charge is 0.124 e. The van der Waals surface area contributed by atoms with Gasteiger partial charge in [-0.2, -0.15) is 0 Å². The summed E-state index contributed by atoms with van der Waals surface area (Å²) in [5.41, 5.74) is 1.12. The van der Waals surface area contributed by atoms with Crippen LogP contribution < -0.4 is 4.74 Å². The molecule has 0 aliphatic heterocycles. The van der Waals surface area contributed by atoms with Crippen molar-refractivity contribution in [2.45, 2.75) is 38.7 Å². The molecule has 1 fully saturated rings. The van der Waals surface area contributed by atoms with Crippen molar-refractivity contribution in [3.05, 3.63) is 21.5 Å². The Kier molecular flexibility index (Phi) is 2.95. The van der Waals surface area contributed by atoms with Gasteiger partial charge in [-0.25, -0.2) is 4.98 Å². The van der Waals surface area contributed by atoms with Crippen LogP contribution in [0.15, 0.2) is 12.1 Å². The molecule has 0 atom stereocenters. The Hall–Kier alpha value is -0.320. The van der Waals surface area contributed by atoms with E-state index < -0.39 is 0 Å². The van der Waals surface area contributed by atoms with Crippen LogP contribution in [0.4, 0.5) is 0 Å². The molecule has 0 spiro atoms. The Bertz CT molecular complexity index is 334. The van der Waals surface area contributed by atoms with Crippen molar-refractivity contribution in [1.29, 1.82) is 0 Å². The minimum Gasteiger partial charge on any atom is -0.490 e. The lowest BCUT2D eigenvalue weighted by Gasteiger charge is -2.09. The van der Waals surface area contributed by atoms with Crippen molar-refractivity contribution in [3.8, 4) is 5.75 Å². The minimum atomic E-state index is 0.464. The zero-order valence-electron chi connectivity index (χ0n) is 8.46. The average Bonchev–Trinajstić information content (AvgIpc) is 2.87. The lowest BCUT2D eigenvalue weighted by atomic mass is 10.1. The summed E-state index contributed by atoms with van der Waals surface area (Å²) in [5.74, 6) is 1.45. The van der Waals surface area contributed by atoms with E-state index in [0.717, 1.165) is 15.1 Å². The number of aromatic nitrogens is 1. The summed E-state index contributed by atoms with van der Waals surface area (Å²) in [4.78, 5) is 4.47. The molecule has 1 aromatic rings. The van der Waals surface area contributed by atoms with Crippen LogP contribution in [0.1, 0.15) is 38.3 Å². The predicted octanol–water partition coefficient (Wildman–Crippen LogP) is 3.35. The summed E-state index contributed by atoms with van der Waals surface area (Å²) in [6.07, 6.45) is 2.87. The topological polar surface area (TPSA) is 22.1 Å². The Morgan fingerprint density at radius 1 is 1.43 bits per heavy atom. The molecule has 1 heterocycles. The second-order valence-corrected chi connectivity index (χ2v) is 5.13. The number of hydrogen-bond donors (Lipinski definition) is 0. The van der Waals surface area contributed by atoms with E-state index in [4.69, 9.17) is 4.74 Å². The van der Waals surface area contributed by atoms with E-state index in [-0.39, 0.29) is 0 Å². The van der Waals surface area contributed by atoms with Crippen LogP contribution in [-0.2, 0) is 0 Å². The Morgan fingerprint density at radius 3 is 2.71 bits per heavy atom. The highest BCUT2D eigenvalue weighted by Crippen LogP contribution is 2.28. The van der Waals surface area contributed by atoms with Crippen molar-refractivity contribution >= 4 is 22.6 Å². The SMILES string of the molecule is CC(C)c1cc(OC2CC2)cc(I)n1. The molecule has 0 bridgehead atoms. The fraction of sp³-hybridized carbons (Fsp3) is 0.545. The fourth-order valence-corrected chi connectivity index (χ4v) is 1.82. The summed E-state index contributed by atoms with van der Waals surface area (Å²) in [7, 11) is 0. The highest BCUT2D eigenvalue weighted by atomic mass is 127. The van der Waals surface area contributed by atoms with Crippen molar-refractivity contribution in [1.82, 2.24) is 4.98 Å². The highest BCUT2D eigenvalue weighted by Gasteiger charge is 2.23. The van der Waals surface area contributed by atoms with Crippen LogP contribution in [-0.4, -0.2) is 11.1 Å². The number of rotatable bonds is 3. The lowest BCUT2D eigenvalue weighted by Crippen LogP contribution is -2.00. The molecule has 0 unspecified atom stereocenters. The van der Waals surface area contributed by atoms with Gasteiger partial charge < -0.3 is 4.74 Å². The van der Waals surface area contributed by atoms with Gasteiger partial charge in [-0.3, -0.25) is 0 Å². The van der Waals surface area contributed by atoms with E-state index >= 15 is 0 Å². The number of ether oxygens (including phenoxy) is 1. The quantitative estimate of drug-likeness (QED) is 0.631. The average molecular weight is 303 g/mol. The predicted molar refractivity (Wildman–Crippen MR) is 64.7 cm³/mol. The van der Waals surface area contributed by atoms with Gasteiger partial charge in [-0.1, -0.05) is 13.8 Å². The second kappa shape index (κ2) is 4.04. The Balaban J connectivity index is 2.21. The minimum absolute atomic E-state index is 0.464. The first-order valence-corrected chi connectivity index (χ1v) is 6.07. The van der Waals surface area contributed by atoms with Gasteiger partial charge in [0.05, 0.1) is 6.10 Å². The third-order valence-corrected chi connectivity index (χ3v) is 2.76. The number of halogens is 1. The zero-order valence-corrected chi connectivity index (χ0v) is 10.6. The van der Waals surface area contributed by atoms with E-state index in [1.807, 2.05) is 6.07 Å². The maximum absolute atomic E-state index is 5.75. The van der Waals surface area contributed by atoms with Crippen molar-refractivity contribution in [2.75, 3.05) is 0 Å². The third kappa shape index (κ3) is 2.59. The summed E-state index contributed by atoms with van der Waals surface area (Å²) in [5, 5.41) is 0. The Morgan fingerprint density at radius 2 is 2.14 bits per heavy atom. The first-order chi connectivity index (χ1) is 6.65. The van der Waals surface area contributed by atoms with Gasteiger partial charge in [-0.05, 0) is 41.4 Å². The molecule has 14 heavy (non-hydrogen) atoms. The molecule has 2 nitrogen and oxygen atoms in total. The molecule has 0 saturated heterocycles. The van der Waals surface area contributed by atoms with E-state index in [0.29, 0.717) is 12.0 Å². The van der Waals surface area contributed by atoms with Gasteiger partial charge in [0.15, 0.2) is 0 Å². The summed E-state index contributed by atoms with van der Waals surface area (Å²) < 4.78 is 6.77. The highest BCUT2D eigenvalue weighted by molar-refractivity contribution is 14.1. The number of nitrogens with zero attached hydrogens (tertiary/aromatic N) is 1. The van der Waals surface area contributed by atoms with Crippen molar-refractivity contribution in [3.63, 3.8) is 0 Å². The molecule has 1 aliphatic carbocycles. The van der Waals surface area contributed by atoms with Crippen molar-refractivity contribution in [2.24, 2.45) is 0 Å². The van der Waals surface area contributed by atoms with E-state index in [2.05, 4.69) is 47.5 Å². The van der Waals surface area contributed by atoms with Crippen LogP contribution >= 0.6 is 22.6 Å². The molecular formula is C11H14INO. The van der Waals surface area contributed by atoms with Gasteiger partial charge in [0.2, 0.25) is 0 Å². The van der Waals surface area contributed by atoms with Crippen LogP contribution in [0, 0.1) is 3.70 Å². The molecule has 76 valence electrons. The first-order valence-electron chi connectivity index (χ1n) is 4.99. The maximum Gasteiger partial charge on any atom is 0.124 e. The monoisotopic (exact) mass is 303 g/mol. The van der Waals surface area contributed by atoms with E-state index in [9.17, 15) is 0 Å².